The lowest BCUT2D eigenvalue weighted by molar-refractivity contribution is 0.355. The van der Waals surface area contributed by atoms with Crippen LogP contribution in [0.4, 0.5) is 0 Å². The Hall–Kier alpha value is -2.53. The van der Waals surface area contributed by atoms with Crippen molar-refractivity contribution in [2.45, 2.75) is 6.54 Å². The lowest BCUT2D eigenvalue weighted by atomic mass is 10.1. The number of imidazole rings is 1. The molecule has 2 N–H and O–H groups in total. The highest BCUT2D eigenvalue weighted by Crippen LogP contribution is 2.31. The molecule has 0 unspecified atom stereocenters. The Morgan fingerprint density at radius 3 is 2.57 bits per heavy atom. The summed E-state index contributed by atoms with van der Waals surface area (Å²) in [5, 5.41) is 0. The summed E-state index contributed by atoms with van der Waals surface area (Å²) in [6.07, 6.45) is 3.97. The summed E-state index contributed by atoms with van der Waals surface area (Å²) in [6, 6.07) is 9.72. The van der Waals surface area contributed by atoms with E-state index in [1.54, 1.807) is 14.2 Å². The zero-order valence-electron chi connectivity index (χ0n) is 12.0. The van der Waals surface area contributed by atoms with E-state index in [-0.39, 0.29) is 0 Å². The maximum atomic E-state index is 5.66. The van der Waals surface area contributed by atoms with E-state index in [2.05, 4.69) is 4.98 Å². The highest BCUT2D eigenvalue weighted by atomic mass is 16.5. The van der Waals surface area contributed by atoms with Crippen molar-refractivity contribution in [1.82, 2.24) is 9.38 Å². The number of hydrogen-bond donors (Lipinski definition) is 1. The highest BCUT2D eigenvalue weighted by molar-refractivity contribution is 5.66. The van der Waals surface area contributed by atoms with Crippen molar-refractivity contribution in [3.63, 3.8) is 0 Å². The van der Waals surface area contributed by atoms with Crippen molar-refractivity contribution in [3.05, 3.63) is 48.3 Å². The number of methoxy groups -OCH3 is 2. The molecule has 1 aromatic carbocycles. The molecule has 0 radical (unpaired) electrons. The topological polar surface area (TPSA) is 61.8 Å². The number of pyridine rings is 1. The van der Waals surface area contributed by atoms with E-state index >= 15 is 0 Å². The first-order valence-electron chi connectivity index (χ1n) is 6.65. The summed E-state index contributed by atoms with van der Waals surface area (Å²) in [5.74, 6) is 1.39. The Labute approximate surface area is 122 Å². The number of benzene rings is 1. The van der Waals surface area contributed by atoms with E-state index in [1.807, 2.05) is 47.1 Å². The molecular weight excluding hydrogens is 266 g/mol. The van der Waals surface area contributed by atoms with E-state index in [1.165, 1.54) is 0 Å². The summed E-state index contributed by atoms with van der Waals surface area (Å²) in [5.41, 5.74) is 9.48. The fraction of sp³-hybridized carbons (Fsp3) is 0.188. The van der Waals surface area contributed by atoms with E-state index in [0.717, 1.165) is 22.5 Å². The number of nitrogens with zero attached hydrogens (tertiary/aromatic N) is 2. The van der Waals surface area contributed by atoms with Gasteiger partial charge in [-0.05, 0) is 29.8 Å². The molecule has 0 amide bonds. The summed E-state index contributed by atoms with van der Waals surface area (Å²) >= 11 is 0. The van der Waals surface area contributed by atoms with Gasteiger partial charge < -0.3 is 19.6 Å². The molecule has 2 heterocycles. The van der Waals surface area contributed by atoms with E-state index < -0.39 is 0 Å². The molecule has 108 valence electrons. The molecule has 5 nitrogen and oxygen atoms in total. The zero-order chi connectivity index (χ0) is 14.8. The van der Waals surface area contributed by atoms with Crippen LogP contribution in [-0.2, 0) is 6.54 Å². The first-order valence-corrected chi connectivity index (χ1v) is 6.65. The van der Waals surface area contributed by atoms with Crippen LogP contribution in [0.3, 0.4) is 0 Å². The minimum atomic E-state index is 0.514. The number of fused-ring (bicyclic) bond motifs is 1. The molecule has 0 aliphatic carbocycles. The molecule has 0 spiro atoms. The Kier molecular flexibility index (Phi) is 3.50. The van der Waals surface area contributed by atoms with Crippen molar-refractivity contribution in [1.29, 1.82) is 0 Å². The fourth-order valence-corrected chi connectivity index (χ4v) is 2.29. The van der Waals surface area contributed by atoms with Gasteiger partial charge in [-0.15, -0.1) is 0 Å². The molecule has 0 saturated carbocycles. The first-order chi connectivity index (χ1) is 10.2. The summed E-state index contributed by atoms with van der Waals surface area (Å²) in [4.78, 5) is 4.62. The largest absolute Gasteiger partial charge is 0.493 e. The molecule has 0 aliphatic rings. The third-order valence-electron chi connectivity index (χ3n) is 3.43. The molecule has 21 heavy (non-hydrogen) atoms. The Morgan fingerprint density at radius 1 is 1.05 bits per heavy atom. The second-order valence-corrected chi connectivity index (χ2v) is 4.70. The van der Waals surface area contributed by atoms with Gasteiger partial charge in [-0.3, -0.25) is 0 Å². The minimum Gasteiger partial charge on any atom is -0.493 e. The van der Waals surface area contributed by atoms with Crippen LogP contribution < -0.4 is 15.2 Å². The van der Waals surface area contributed by atoms with Gasteiger partial charge in [0.05, 0.1) is 19.9 Å². The van der Waals surface area contributed by atoms with Crippen LogP contribution in [-0.4, -0.2) is 23.6 Å². The van der Waals surface area contributed by atoms with Gasteiger partial charge in [-0.2, -0.15) is 0 Å². The Bertz CT molecular complexity index is 780. The summed E-state index contributed by atoms with van der Waals surface area (Å²) in [7, 11) is 3.25. The van der Waals surface area contributed by atoms with Crippen molar-refractivity contribution in [2.75, 3.05) is 14.2 Å². The molecule has 0 atom stereocenters. The quantitative estimate of drug-likeness (QED) is 0.799. The molecule has 0 bridgehead atoms. The maximum absolute atomic E-state index is 5.66. The molecule has 2 aromatic heterocycles. The number of nitrogens with two attached hydrogens (primary N) is 1. The smallest absolute Gasteiger partial charge is 0.161 e. The monoisotopic (exact) mass is 283 g/mol. The lowest BCUT2D eigenvalue weighted by Crippen LogP contribution is -1.97. The highest BCUT2D eigenvalue weighted by Gasteiger charge is 2.09. The SMILES string of the molecule is COc1ccc(-c2cn3cc(CN)ccc3n2)cc1OC. The van der Waals surface area contributed by atoms with Crippen LogP contribution in [0.15, 0.2) is 42.7 Å². The Balaban J connectivity index is 2.07. The number of rotatable bonds is 4. The second-order valence-electron chi connectivity index (χ2n) is 4.70. The van der Waals surface area contributed by atoms with Gasteiger partial charge in [0.2, 0.25) is 0 Å². The number of hydrogen-bond acceptors (Lipinski definition) is 4. The fourth-order valence-electron chi connectivity index (χ4n) is 2.29. The molecule has 0 aliphatic heterocycles. The zero-order valence-corrected chi connectivity index (χ0v) is 12.0. The van der Waals surface area contributed by atoms with Crippen LogP contribution >= 0.6 is 0 Å². The minimum absolute atomic E-state index is 0.514. The number of aromatic nitrogens is 2. The van der Waals surface area contributed by atoms with Crippen molar-refractivity contribution >= 4 is 5.65 Å². The van der Waals surface area contributed by atoms with Crippen LogP contribution in [0.2, 0.25) is 0 Å². The third kappa shape index (κ3) is 2.43. The lowest BCUT2D eigenvalue weighted by Gasteiger charge is -2.08. The van der Waals surface area contributed by atoms with Gasteiger partial charge in [0.1, 0.15) is 5.65 Å². The molecule has 0 fully saturated rings. The molecule has 5 heteroatoms. The average molecular weight is 283 g/mol. The van der Waals surface area contributed by atoms with Crippen LogP contribution in [0.1, 0.15) is 5.56 Å². The van der Waals surface area contributed by atoms with E-state index in [4.69, 9.17) is 15.2 Å². The van der Waals surface area contributed by atoms with E-state index in [0.29, 0.717) is 18.0 Å². The number of ether oxygens (including phenoxy) is 2. The average Bonchev–Trinajstić information content (AvgIpc) is 2.96. The predicted octanol–water partition coefficient (Wildman–Crippen LogP) is 2.48. The molecule has 3 rings (SSSR count). The molecule has 3 aromatic rings. The molecular formula is C16H17N3O2. The van der Waals surface area contributed by atoms with Crippen molar-refractivity contribution < 1.29 is 9.47 Å². The van der Waals surface area contributed by atoms with Gasteiger partial charge >= 0.3 is 0 Å². The normalized spacial score (nSPS) is 10.8. The summed E-state index contributed by atoms with van der Waals surface area (Å²) < 4.78 is 12.6. The van der Waals surface area contributed by atoms with Crippen LogP contribution in [0.5, 0.6) is 11.5 Å². The van der Waals surface area contributed by atoms with E-state index in [9.17, 15) is 0 Å². The Morgan fingerprint density at radius 2 is 1.86 bits per heavy atom. The third-order valence-corrected chi connectivity index (χ3v) is 3.43. The molecule has 0 saturated heterocycles. The van der Waals surface area contributed by atoms with Crippen LogP contribution in [0.25, 0.3) is 16.9 Å². The predicted molar refractivity (Wildman–Crippen MR) is 81.6 cm³/mol. The van der Waals surface area contributed by atoms with Crippen molar-refractivity contribution in [2.24, 2.45) is 5.73 Å². The van der Waals surface area contributed by atoms with Crippen molar-refractivity contribution in [3.8, 4) is 22.8 Å². The maximum Gasteiger partial charge on any atom is 0.161 e. The second kappa shape index (κ2) is 5.46. The van der Waals surface area contributed by atoms with Crippen LogP contribution in [0, 0.1) is 0 Å². The first kappa shape index (κ1) is 13.5. The standard InChI is InChI=1S/C16H17N3O2/c1-20-14-5-4-12(7-15(14)21-2)13-10-19-9-11(8-17)3-6-16(19)18-13/h3-7,9-10H,8,17H2,1-2H3. The summed E-state index contributed by atoms with van der Waals surface area (Å²) in [6.45, 7) is 0.514. The van der Waals surface area contributed by atoms with Gasteiger partial charge in [0, 0.05) is 24.5 Å². The van der Waals surface area contributed by atoms with Gasteiger partial charge in [-0.25, -0.2) is 4.98 Å². The van der Waals surface area contributed by atoms with Gasteiger partial charge in [0.15, 0.2) is 11.5 Å². The van der Waals surface area contributed by atoms with Gasteiger partial charge in [0.25, 0.3) is 0 Å². The van der Waals surface area contributed by atoms with Gasteiger partial charge in [-0.1, -0.05) is 6.07 Å².